The van der Waals surface area contributed by atoms with Crippen molar-refractivity contribution < 1.29 is 0 Å². The lowest BCUT2D eigenvalue weighted by Gasteiger charge is -2.09. The van der Waals surface area contributed by atoms with Gasteiger partial charge in [0.2, 0.25) is 0 Å². The maximum Gasteiger partial charge on any atom is 0.0327 e. The first-order valence-corrected chi connectivity index (χ1v) is 5.56. The van der Waals surface area contributed by atoms with Crippen LogP contribution in [-0.2, 0) is 6.54 Å². The third-order valence-electron chi connectivity index (χ3n) is 1.66. The van der Waals surface area contributed by atoms with Gasteiger partial charge in [-0.1, -0.05) is 0 Å². The normalized spacial score (nSPS) is 13.2. The van der Waals surface area contributed by atoms with E-state index in [1.165, 1.54) is 9.35 Å². The molecule has 0 fully saturated rings. The second-order valence-electron chi connectivity index (χ2n) is 2.71. The fourth-order valence-corrected chi connectivity index (χ4v) is 2.24. The second-order valence-corrected chi connectivity index (χ2v) is 4.56. The van der Waals surface area contributed by atoms with Gasteiger partial charge in [-0.3, -0.25) is 0 Å². The van der Waals surface area contributed by atoms with Crippen molar-refractivity contribution in [3.63, 3.8) is 0 Å². The summed E-state index contributed by atoms with van der Waals surface area (Å²) in [6, 6.07) is 2.45. The fraction of sp³-hybridized carbons (Fsp3) is 0.500. The van der Waals surface area contributed by atoms with Crippen molar-refractivity contribution in [1.29, 1.82) is 0 Å². The Balaban J connectivity index is 2.38. The summed E-state index contributed by atoms with van der Waals surface area (Å²) in [5.41, 5.74) is 5.48. The minimum atomic E-state index is 0.388. The van der Waals surface area contributed by atoms with Crippen LogP contribution in [0.4, 0.5) is 0 Å². The van der Waals surface area contributed by atoms with Gasteiger partial charge in [0.15, 0.2) is 0 Å². The van der Waals surface area contributed by atoms with Crippen molar-refractivity contribution in [2.24, 2.45) is 5.73 Å². The molecule has 0 saturated carbocycles. The zero-order valence-electron chi connectivity index (χ0n) is 7.01. The van der Waals surface area contributed by atoms with Crippen LogP contribution in [0.5, 0.6) is 0 Å². The number of nitrogens with two attached hydrogens (primary N) is 1. The maximum absolute atomic E-state index is 5.48. The first-order valence-electron chi connectivity index (χ1n) is 3.89. The van der Waals surface area contributed by atoms with Gasteiger partial charge < -0.3 is 11.1 Å². The zero-order chi connectivity index (χ0) is 8.97. The lowest BCUT2D eigenvalue weighted by atomic mass is 10.3. The van der Waals surface area contributed by atoms with Crippen LogP contribution < -0.4 is 11.1 Å². The monoisotopic (exact) mass is 248 g/mol. The van der Waals surface area contributed by atoms with Crippen molar-refractivity contribution in [2.75, 3.05) is 6.54 Å². The number of nitrogens with one attached hydrogen (secondary N) is 1. The van der Waals surface area contributed by atoms with Crippen molar-refractivity contribution in [3.05, 3.63) is 20.8 Å². The molecule has 0 bridgehead atoms. The first-order chi connectivity index (χ1) is 5.74. The maximum atomic E-state index is 5.48. The molecule has 4 heteroatoms. The predicted octanol–water partition coefficient (Wildman–Crippen LogP) is 1.95. The minimum absolute atomic E-state index is 0.388. The topological polar surface area (TPSA) is 38.0 Å². The third-order valence-corrected chi connectivity index (χ3v) is 3.58. The Morgan fingerprint density at radius 1 is 1.75 bits per heavy atom. The highest BCUT2D eigenvalue weighted by molar-refractivity contribution is 9.10. The number of hydrogen-bond acceptors (Lipinski definition) is 3. The summed E-state index contributed by atoms with van der Waals surface area (Å²) >= 11 is 5.23. The molecule has 12 heavy (non-hydrogen) atoms. The standard InChI is InChI=1S/C8H13BrN2S/c1-6(4-10)11-5-8-7(9)2-3-12-8/h2-3,6,11H,4-5,10H2,1H3/t6-/m1/s1. The summed E-state index contributed by atoms with van der Waals surface area (Å²) in [5.74, 6) is 0. The smallest absolute Gasteiger partial charge is 0.0327 e. The summed E-state index contributed by atoms with van der Waals surface area (Å²) in [6.07, 6.45) is 0. The van der Waals surface area contributed by atoms with Gasteiger partial charge in [0.05, 0.1) is 0 Å². The molecule has 0 amide bonds. The molecule has 1 heterocycles. The minimum Gasteiger partial charge on any atom is -0.329 e. The molecule has 0 aliphatic rings. The lowest BCUT2D eigenvalue weighted by molar-refractivity contribution is 0.559. The molecular formula is C8H13BrN2S. The molecule has 0 spiro atoms. The third kappa shape index (κ3) is 2.86. The number of rotatable bonds is 4. The van der Waals surface area contributed by atoms with Crippen molar-refractivity contribution in [1.82, 2.24) is 5.32 Å². The van der Waals surface area contributed by atoms with E-state index < -0.39 is 0 Å². The molecule has 1 rings (SSSR count). The molecule has 3 N–H and O–H groups in total. The molecule has 2 nitrogen and oxygen atoms in total. The van der Waals surface area contributed by atoms with E-state index in [0.717, 1.165) is 6.54 Å². The van der Waals surface area contributed by atoms with Gasteiger partial charge >= 0.3 is 0 Å². The predicted molar refractivity (Wildman–Crippen MR) is 57.4 cm³/mol. The van der Waals surface area contributed by atoms with Gasteiger partial charge in [-0.2, -0.15) is 0 Å². The van der Waals surface area contributed by atoms with E-state index in [2.05, 4.69) is 39.6 Å². The Morgan fingerprint density at radius 3 is 3.00 bits per heavy atom. The van der Waals surface area contributed by atoms with E-state index >= 15 is 0 Å². The largest absolute Gasteiger partial charge is 0.329 e. The molecule has 0 unspecified atom stereocenters. The molecule has 1 atom stereocenters. The Morgan fingerprint density at radius 2 is 2.50 bits per heavy atom. The van der Waals surface area contributed by atoms with Crippen LogP contribution in [0.2, 0.25) is 0 Å². The van der Waals surface area contributed by atoms with Crippen molar-refractivity contribution in [3.8, 4) is 0 Å². The summed E-state index contributed by atoms with van der Waals surface area (Å²) in [7, 11) is 0. The van der Waals surface area contributed by atoms with Gasteiger partial charge in [0, 0.05) is 28.5 Å². The van der Waals surface area contributed by atoms with Crippen molar-refractivity contribution >= 4 is 27.3 Å². The van der Waals surface area contributed by atoms with E-state index in [9.17, 15) is 0 Å². The average molecular weight is 249 g/mol. The van der Waals surface area contributed by atoms with E-state index in [1.807, 2.05) is 0 Å². The van der Waals surface area contributed by atoms with Crippen molar-refractivity contribution in [2.45, 2.75) is 19.5 Å². The SMILES string of the molecule is C[C@H](CN)NCc1sccc1Br. The Labute approximate surface area is 85.3 Å². The highest BCUT2D eigenvalue weighted by Crippen LogP contribution is 2.22. The highest BCUT2D eigenvalue weighted by atomic mass is 79.9. The van der Waals surface area contributed by atoms with Crippen LogP contribution in [-0.4, -0.2) is 12.6 Å². The van der Waals surface area contributed by atoms with E-state index in [4.69, 9.17) is 5.73 Å². The molecule has 1 aromatic heterocycles. The molecule has 0 aliphatic heterocycles. The molecule has 0 aliphatic carbocycles. The van der Waals surface area contributed by atoms with Crippen LogP contribution in [0.15, 0.2) is 15.9 Å². The van der Waals surface area contributed by atoms with Crippen LogP contribution >= 0.6 is 27.3 Å². The van der Waals surface area contributed by atoms with Crippen LogP contribution in [0.1, 0.15) is 11.8 Å². The lowest BCUT2D eigenvalue weighted by Crippen LogP contribution is -2.32. The number of hydrogen-bond donors (Lipinski definition) is 2. The summed E-state index contributed by atoms with van der Waals surface area (Å²) in [4.78, 5) is 1.33. The Kier molecular flexibility index (Phi) is 4.21. The number of halogens is 1. The van der Waals surface area contributed by atoms with Crippen LogP contribution in [0.3, 0.4) is 0 Å². The molecule has 0 radical (unpaired) electrons. The van der Waals surface area contributed by atoms with Gasteiger partial charge in [-0.15, -0.1) is 11.3 Å². The average Bonchev–Trinajstić information content (AvgIpc) is 2.47. The van der Waals surface area contributed by atoms with E-state index in [0.29, 0.717) is 12.6 Å². The first kappa shape index (κ1) is 10.2. The van der Waals surface area contributed by atoms with E-state index in [1.54, 1.807) is 11.3 Å². The quantitative estimate of drug-likeness (QED) is 0.855. The number of thiophene rings is 1. The summed E-state index contributed by atoms with van der Waals surface area (Å²) < 4.78 is 1.18. The Bertz CT molecular complexity index is 237. The van der Waals surface area contributed by atoms with Gasteiger partial charge in [-0.25, -0.2) is 0 Å². The summed E-state index contributed by atoms with van der Waals surface area (Å²) in [6.45, 7) is 3.67. The molecule has 0 aromatic carbocycles. The fourth-order valence-electron chi connectivity index (χ4n) is 0.801. The molecule has 68 valence electrons. The summed E-state index contributed by atoms with van der Waals surface area (Å²) in [5, 5.41) is 5.41. The Hall–Kier alpha value is 0.100. The molecular weight excluding hydrogens is 236 g/mol. The second kappa shape index (κ2) is 4.97. The molecule has 1 aromatic rings. The van der Waals surface area contributed by atoms with Crippen LogP contribution in [0.25, 0.3) is 0 Å². The van der Waals surface area contributed by atoms with Crippen LogP contribution in [0, 0.1) is 0 Å². The zero-order valence-corrected chi connectivity index (χ0v) is 9.41. The van der Waals surface area contributed by atoms with E-state index in [-0.39, 0.29) is 0 Å². The van der Waals surface area contributed by atoms with Gasteiger partial charge in [-0.05, 0) is 34.3 Å². The molecule has 0 saturated heterocycles. The van der Waals surface area contributed by atoms with Gasteiger partial charge in [0.25, 0.3) is 0 Å². The highest BCUT2D eigenvalue weighted by Gasteiger charge is 2.02. The van der Waals surface area contributed by atoms with Gasteiger partial charge in [0.1, 0.15) is 0 Å².